The zero-order chi connectivity index (χ0) is 13.4. The van der Waals surface area contributed by atoms with Gasteiger partial charge in [-0.15, -0.1) is 0 Å². The molecule has 0 unspecified atom stereocenters. The maximum Gasteiger partial charge on any atom is 0.277 e. The molecule has 0 bridgehead atoms. The van der Waals surface area contributed by atoms with E-state index in [1.807, 2.05) is 0 Å². The van der Waals surface area contributed by atoms with Gasteiger partial charge < -0.3 is 4.98 Å². The number of imidazole rings is 1. The third kappa shape index (κ3) is 1.75. The second-order valence-electron chi connectivity index (χ2n) is 3.80. The summed E-state index contributed by atoms with van der Waals surface area (Å²) in [5, 5.41) is 10.8. The molecule has 8 heteroatoms. The van der Waals surface area contributed by atoms with Gasteiger partial charge in [0, 0.05) is 12.1 Å². The number of non-ortho nitro benzene ring substituents is 1. The van der Waals surface area contributed by atoms with Gasteiger partial charge in [0.15, 0.2) is 11.2 Å². The van der Waals surface area contributed by atoms with Gasteiger partial charge in [0.05, 0.1) is 16.9 Å². The lowest BCUT2D eigenvalue weighted by Gasteiger charge is -2.02. The monoisotopic (exact) mass is 257 g/mol. The Morgan fingerprint density at radius 1 is 1.32 bits per heavy atom. The van der Waals surface area contributed by atoms with E-state index in [1.165, 1.54) is 29.4 Å². The van der Waals surface area contributed by atoms with Crippen LogP contribution >= 0.6 is 0 Å². The van der Waals surface area contributed by atoms with E-state index in [-0.39, 0.29) is 22.4 Å². The van der Waals surface area contributed by atoms with Crippen LogP contribution in [0.1, 0.15) is 0 Å². The first-order chi connectivity index (χ1) is 9.16. The summed E-state index contributed by atoms with van der Waals surface area (Å²) in [5.74, 6) is 0. The van der Waals surface area contributed by atoms with Crippen molar-refractivity contribution in [2.45, 2.75) is 0 Å². The van der Waals surface area contributed by atoms with Crippen LogP contribution in [-0.4, -0.2) is 24.4 Å². The molecule has 2 aromatic heterocycles. The first-order valence-electron chi connectivity index (χ1n) is 5.32. The molecular weight excluding hydrogens is 250 g/mol. The number of H-pyrrole nitrogens is 1. The molecule has 0 saturated heterocycles. The zero-order valence-corrected chi connectivity index (χ0v) is 9.48. The fraction of sp³-hybridized carbons (Fsp3) is 0. The summed E-state index contributed by atoms with van der Waals surface area (Å²) in [7, 11) is 0. The normalized spacial score (nSPS) is 10.7. The van der Waals surface area contributed by atoms with Crippen LogP contribution < -0.4 is 5.56 Å². The van der Waals surface area contributed by atoms with Gasteiger partial charge in [-0.3, -0.25) is 19.5 Å². The Morgan fingerprint density at radius 2 is 2.16 bits per heavy atom. The van der Waals surface area contributed by atoms with Crippen LogP contribution in [0.3, 0.4) is 0 Å². The van der Waals surface area contributed by atoms with E-state index in [0.29, 0.717) is 5.69 Å². The van der Waals surface area contributed by atoms with E-state index in [9.17, 15) is 14.9 Å². The molecule has 94 valence electrons. The van der Waals surface area contributed by atoms with Crippen molar-refractivity contribution in [1.29, 1.82) is 0 Å². The topological polar surface area (TPSA) is 107 Å². The molecule has 0 saturated carbocycles. The second-order valence-corrected chi connectivity index (χ2v) is 3.80. The number of hydrogen-bond acceptors (Lipinski definition) is 5. The summed E-state index contributed by atoms with van der Waals surface area (Å²) in [6, 6.07) is 5.95. The van der Waals surface area contributed by atoms with Crippen LogP contribution in [0.2, 0.25) is 0 Å². The lowest BCUT2D eigenvalue weighted by molar-refractivity contribution is -0.384. The lowest BCUT2D eigenvalue weighted by atomic mass is 10.3. The predicted molar refractivity (Wildman–Crippen MR) is 66.1 cm³/mol. The molecule has 3 aromatic rings. The average Bonchev–Trinajstić information content (AvgIpc) is 2.84. The standard InChI is InChI=1S/C11H7N5O3/c17-11-9-10(12-5-13-11)14-6-15(9)7-2-1-3-8(4-7)16(18)19/h1-6H,(H,12,13,17). The van der Waals surface area contributed by atoms with Crippen LogP contribution in [0.15, 0.2) is 41.7 Å². The third-order valence-electron chi connectivity index (χ3n) is 2.66. The van der Waals surface area contributed by atoms with E-state index in [0.717, 1.165) is 0 Å². The third-order valence-corrected chi connectivity index (χ3v) is 2.66. The van der Waals surface area contributed by atoms with Crippen molar-refractivity contribution < 1.29 is 4.92 Å². The Bertz CT molecular complexity index is 835. The lowest BCUT2D eigenvalue weighted by Crippen LogP contribution is -2.10. The maximum atomic E-state index is 11.8. The Kier molecular flexibility index (Phi) is 2.34. The average molecular weight is 257 g/mol. The number of nitrogens with zero attached hydrogens (tertiary/aromatic N) is 4. The van der Waals surface area contributed by atoms with Crippen LogP contribution in [-0.2, 0) is 0 Å². The minimum absolute atomic E-state index is 0.0559. The smallest absolute Gasteiger partial charge is 0.277 e. The van der Waals surface area contributed by atoms with Crippen molar-refractivity contribution in [3.05, 3.63) is 57.4 Å². The number of nitrogens with one attached hydrogen (secondary N) is 1. The molecule has 0 fully saturated rings. The molecule has 0 spiro atoms. The summed E-state index contributed by atoms with van der Waals surface area (Å²) in [6.07, 6.45) is 2.67. The summed E-state index contributed by atoms with van der Waals surface area (Å²) in [6.45, 7) is 0. The highest BCUT2D eigenvalue weighted by molar-refractivity contribution is 5.72. The molecule has 0 radical (unpaired) electrons. The molecule has 0 aliphatic carbocycles. The highest BCUT2D eigenvalue weighted by Gasteiger charge is 2.12. The largest absolute Gasteiger partial charge is 0.311 e. The van der Waals surface area contributed by atoms with Crippen molar-refractivity contribution in [3.8, 4) is 5.69 Å². The number of benzene rings is 1. The number of fused-ring (bicyclic) bond motifs is 1. The number of rotatable bonds is 2. The maximum absolute atomic E-state index is 11.8. The molecule has 8 nitrogen and oxygen atoms in total. The molecule has 1 aromatic carbocycles. The molecule has 0 atom stereocenters. The van der Waals surface area contributed by atoms with E-state index < -0.39 is 4.92 Å². The van der Waals surface area contributed by atoms with Gasteiger partial charge in [-0.05, 0) is 6.07 Å². The van der Waals surface area contributed by atoms with Gasteiger partial charge in [0.2, 0.25) is 0 Å². The van der Waals surface area contributed by atoms with Gasteiger partial charge in [-0.25, -0.2) is 9.97 Å². The van der Waals surface area contributed by atoms with Gasteiger partial charge in [0.25, 0.3) is 11.2 Å². The van der Waals surface area contributed by atoms with Gasteiger partial charge in [-0.2, -0.15) is 0 Å². The van der Waals surface area contributed by atoms with Crippen LogP contribution in [0.25, 0.3) is 16.9 Å². The number of nitro groups is 1. The van der Waals surface area contributed by atoms with Crippen molar-refractivity contribution in [2.24, 2.45) is 0 Å². The van der Waals surface area contributed by atoms with Crippen molar-refractivity contribution >= 4 is 16.9 Å². The minimum Gasteiger partial charge on any atom is -0.311 e. The molecule has 1 N–H and O–H groups in total. The summed E-state index contributed by atoms with van der Waals surface area (Å²) in [4.78, 5) is 32.4. The van der Waals surface area contributed by atoms with Gasteiger partial charge in [0.1, 0.15) is 6.33 Å². The predicted octanol–water partition coefficient (Wildman–Crippen LogP) is 1.02. The minimum atomic E-state index is -0.495. The Balaban J connectivity index is 2.28. The summed E-state index contributed by atoms with van der Waals surface area (Å²) < 4.78 is 1.47. The SMILES string of the molecule is O=c1[nH]cnc2ncn(-c3cccc([N+](=O)[O-])c3)c12. The highest BCUT2D eigenvalue weighted by Crippen LogP contribution is 2.18. The summed E-state index contributed by atoms with van der Waals surface area (Å²) >= 11 is 0. The van der Waals surface area contributed by atoms with Crippen LogP contribution in [0.4, 0.5) is 5.69 Å². The zero-order valence-electron chi connectivity index (χ0n) is 9.48. The first kappa shape index (κ1) is 11.1. The van der Waals surface area contributed by atoms with Crippen molar-refractivity contribution in [3.63, 3.8) is 0 Å². The van der Waals surface area contributed by atoms with E-state index >= 15 is 0 Å². The second kappa shape index (κ2) is 4.02. The molecule has 3 rings (SSSR count). The number of aromatic nitrogens is 4. The van der Waals surface area contributed by atoms with Crippen LogP contribution in [0.5, 0.6) is 0 Å². The van der Waals surface area contributed by atoms with Gasteiger partial charge in [-0.1, -0.05) is 6.07 Å². The van der Waals surface area contributed by atoms with E-state index in [1.54, 1.807) is 12.1 Å². The molecule has 0 amide bonds. The number of aromatic amines is 1. The van der Waals surface area contributed by atoms with Crippen molar-refractivity contribution in [1.82, 2.24) is 19.5 Å². The fourth-order valence-corrected chi connectivity index (χ4v) is 1.82. The Labute approximate surface area is 105 Å². The molecule has 0 aliphatic heterocycles. The fourth-order valence-electron chi connectivity index (χ4n) is 1.82. The van der Waals surface area contributed by atoms with Crippen LogP contribution in [0, 0.1) is 10.1 Å². The quantitative estimate of drug-likeness (QED) is 0.544. The highest BCUT2D eigenvalue weighted by atomic mass is 16.6. The van der Waals surface area contributed by atoms with Gasteiger partial charge >= 0.3 is 0 Å². The molecule has 0 aliphatic rings. The number of hydrogen-bond donors (Lipinski definition) is 1. The molecule has 19 heavy (non-hydrogen) atoms. The molecule has 2 heterocycles. The van der Waals surface area contributed by atoms with E-state index in [2.05, 4.69) is 15.0 Å². The Hall–Kier alpha value is -3.03. The number of nitro benzene ring substituents is 1. The summed E-state index contributed by atoms with van der Waals surface area (Å²) in [5.41, 5.74) is 0.613. The van der Waals surface area contributed by atoms with Crippen molar-refractivity contribution in [2.75, 3.05) is 0 Å². The Morgan fingerprint density at radius 3 is 2.95 bits per heavy atom. The first-order valence-corrected chi connectivity index (χ1v) is 5.32. The molecular formula is C11H7N5O3. The van der Waals surface area contributed by atoms with E-state index in [4.69, 9.17) is 0 Å².